The summed E-state index contributed by atoms with van der Waals surface area (Å²) in [6.45, 7) is 3.35. The molecular weight excluding hydrogens is 258 g/mol. The van der Waals surface area contributed by atoms with E-state index in [1.807, 2.05) is 6.20 Å². The maximum absolute atomic E-state index is 10.7. The molecule has 104 valence electrons. The lowest BCUT2D eigenvalue weighted by Gasteiger charge is -2.08. The van der Waals surface area contributed by atoms with E-state index in [0.29, 0.717) is 17.9 Å². The summed E-state index contributed by atoms with van der Waals surface area (Å²) < 4.78 is 2.21. The van der Waals surface area contributed by atoms with Gasteiger partial charge in [0.2, 0.25) is 0 Å². The minimum absolute atomic E-state index is 0.0424. The van der Waals surface area contributed by atoms with Crippen LogP contribution in [0, 0.1) is 17.0 Å². The number of nitrogens with one attached hydrogen (secondary N) is 1. The van der Waals surface area contributed by atoms with Crippen molar-refractivity contribution in [1.82, 2.24) is 14.5 Å². The van der Waals surface area contributed by atoms with E-state index in [2.05, 4.69) is 19.9 Å². The largest absolute Gasteiger partial charge is 0.364 e. The number of nitrogens with zero attached hydrogens (tertiary/aromatic N) is 4. The molecule has 0 saturated heterocycles. The van der Waals surface area contributed by atoms with E-state index in [0.717, 1.165) is 30.9 Å². The number of rotatable bonds is 4. The molecule has 0 saturated carbocycles. The molecule has 0 amide bonds. The maximum atomic E-state index is 10.7. The quantitative estimate of drug-likeness (QED) is 0.680. The second kappa shape index (κ2) is 4.92. The van der Waals surface area contributed by atoms with E-state index in [9.17, 15) is 10.1 Å². The third-order valence-electron chi connectivity index (χ3n) is 3.53. The van der Waals surface area contributed by atoms with Crippen LogP contribution < -0.4 is 5.32 Å². The van der Waals surface area contributed by atoms with Gasteiger partial charge in [-0.25, -0.2) is 9.97 Å². The monoisotopic (exact) mass is 273 g/mol. The normalized spacial score (nSPS) is 13.2. The number of hydrogen-bond donors (Lipinski definition) is 1. The zero-order chi connectivity index (χ0) is 14.1. The number of pyridine rings is 1. The van der Waals surface area contributed by atoms with E-state index in [1.165, 1.54) is 6.20 Å². The Kier molecular flexibility index (Phi) is 3.09. The number of hydrogen-bond acceptors (Lipinski definition) is 5. The molecule has 0 aromatic carbocycles. The molecule has 0 fully saturated rings. The van der Waals surface area contributed by atoms with E-state index < -0.39 is 4.92 Å². The minimum Gasteiger partial charge on any atom is -0.364 e. The summed E-state index contributed by atoms with van der Waals surface area (Å²) in [5.74, 6) is 1.77. The Labute approximate surface area is 115 Å². The Morgan fingerprint density at radius 1 is 1.45 bits per heavy atom. The van der Waals surface area contributed by atoms with Gasteiger partial charge in [-0.2, -0.15) is 0 Å². The van der Waals surface area contributed by atoms with Crippen LogP contribution in [-0.4, -0.2) is 19.5 Å². The lowest BCUT2D eigenvalue weighted by molar-refractivity contribution is -0.385. The van der Waals surface area contributed by atoms with E-state index in [-0.39, 0.29) is 5.69 Å². The van der Waals surface area contributed by atoms with Crippen molar-refractivity contribution >= 4 is 11.5 Å². The van der Waals surface area contributed by atoms with E-state index in [4.69, 9.17) is 0 Å². The number of aromatic nitrogens is 3. The molecular formula is C13H15N5O2. The first-order chi connectivity index (χ1) is 9.65. The van der Waals surface area contributed by atoms with Crippen LogP contribution in [0.25, 0.3) is 0 Å². The lowest BCUT2D eigenvalue weighted by Crippen LogP contribution is -2.07. The molecule has 3 rings (SSSR count). The molecule has 3 heterocycles. The average Bonchev–Trinajstić information content (AvgIpc) is 2.99. The van der Waals surface area contributed by atoms with Crippen molar-refractivity contribution in [1.29, 1.82) is 0 Å². The molecule has 0 aliphatic carbocycles. The summed E-state index contributed by atoms with van der Waals surface area (Å²) in [4.78, 5) is 18.8. The first-order valence-electron chi connectivity index (χ1n) is 6.53. The molecule has 20 heavy (non-hydrogen) atoms. The standard InChI is InChI=1S/C13H15N5O2/c1-9-5-12(15-8-11(9)18(19)20)14-6-10-7-16-13-3-2-4-17(10)13/h5,7-8H,2-4,6H2,1H3,(H,14,15). The van der Waals surface area contributed by atoms with Crippen LogP contribution in [-0.2, 0) is 19.5 Å². The highest BCUT2D eigenvalue weighted by Crippen LogP contribution is 2.20. The molecule has 7 heteroatoms. The smallest absolute Gasteiger partial charge is 0.290 e. The predicted octanol–water partition coefficient (Wildman–Crippen LogP) is 2.05. The molecule has 0 atom stereocenters. The van der Waals surface area contributed by atoms with Gasteiger partial charge in [0.05, 0.1) is 23.4 Å². The third kappa shape index (κ3) is 2.22. The summed E-state index contributed by atoms with van der Waals surface area (Å²) in [5, 5.41) is 13.9. The number of nitro groups is 1. The number of anilines is 1. The molecule has 2 aromatic rings. The van der Waals surface area contributed by atoms with Crippen LogP contribution >= 0.6 is 0 Å². The molecule has 1 N–H and O–H groups in total. The maximum Gasteiger partial charge on any atom is 0.290 e. The minimum atomic E-state index is -0.421. The fraction of sp³-hybridized carbons (Fsp3) is 0.385. The summed E-state index contributed by atoms with van der Waals surface area (Å²) in [6, 6.07) is 1.69. The van der Waals surface area contributed by atoms with Crippen molar-refractivity contribution in [2.45, 2.75) is 32.9 Å². The van der Waals surface area contributed by atoms with Gasteiger partial charge < -0.3 is 9.88 Å². The van der Waals surface area contributed by atoms with E-state index in [1.54, 1.807) is 13.0 Å². The number of fused-ring (bicyclic) bond motifs is 1. The highest BCUT2D eigenvalue weighted by atomic mass is 16.6. The molecule has 0 bridgehead atoms. The summed E-state index contributed by atoms with van der Waals surface area (Å²) >= 11 is 0. The van der Waals surface area contributed by atoms with Crippen LogP contribution in [0.2, 0.25) is 0 Å². The molecule has 0 spiro atoms. The zero-order valence-electron chi connectivity index (χ0n) is 11.2. The Balaban J connectivity index is 1.72. The van der Waals surface area contributed by atoms with Crippen molar-refractivity contribution in [3.63, 3.8) is 0 Å². The molecule has 1 aliphatic rings. The highest BCUT2D eigenvalue weighted by Gasteiger charge is 2.16. The first-order valence-corrected chi connectivity index (χ1v) is 6.53. The molecule has 0 unspecified atom stereocenters. The molecule has 2 aromatic heterocycles. The zero-order valence-corrected chi connectivity index (χ0v) is 11.2. The predicted molar refractivity (Wildman–Crippen MR) is 73.5 cm³/mol. The molecule has 0 radical (unpaired) electrons. The van der Waals surface area contributed by atoms with Crippen LogP contribution in [0.5, 0.6) is 0 Å². The fourth-order valence-electron chi connectivity index (χ4n) is 2.48. The van der Waals surface area contributed by atoms with Crippen LogP contribution in [0.4, 0.5) is 11.5 Å². The summed E-state index contributed by atoms with van der Waals surface area (Å²) in [5.41, 5.74) is 1.77. The van der Waals surface area contributed by atoms with Gasteiger partial charge >= 0.3 is 0 Å². The SMILES string of the molecule is Cc1cc(NCc2cnc3n2CCC3)ncc1[N+](=O)[O-]. The Morgan fingerprint density at radius 3 is 3.05 bits per heavy atom. The molecule has 7 nitrogen and oxygen atoms in total. The van der Waals surface area contributed by atoms with Gasteiger partial charge in [0.15, 0.2) is 0 Å². The van der Waals surface area contributed by atoms with Crippen molar-refractivity contribution in [3.05, 3.63) is 45.7 Å². The van der Waals surface area contributed by atoms with Crippen LogP contribution in [0.3, 0.4) is 0 Å². The Morgan fingerprint density at radius 2 is 2.30 bits per heavy atom. The van der Waals surface area contributed by atoms with Crippen molar-refractivity contribution in [2.75, 3.05) is 5.32 Å². The second-order valence-electron chi connectivity index (χ2n) is 4.89. The molecule has 1 aliphatic heterocycles. The van der Waals surface area contributed by atoms with Gasteiger partial charge in [-0.15, -0.1) is 0 Å². The topological polar surface area (TPSA) is 85.9 Å². The van der Waals surface area contributed by atoms with Crippen LogP contribution in [0.15, 0.2) is 18.5 Å². The Bertz CT molecular complexity index is 665. The first kappa shape index (κ1) is 12.6. The average molecular weight is 273 g/mol. The van der Waals surface area contributed by atoms with E-state index >= 15 is 0 Å². The van der Waals surface area contributed by atoms with Gasteiger partial charge in [0.25, 0.3) is 5.69 Å². The summed E-state index contributed by atoms with van der Waals surface area (Å²) in [6.07, 6.45) is 5.35. The van der Waals surface area contributed by atoms with Crippen molar-refractivity contribution in [3.8, 4) is 0 Å². The fourth-order valence-corrected chi connectivity index (χ4v) is 2.48. The van der Waals surface area contributed by atoms with Gasteiger partial charge in [0, 0.05) is 18.5 Å². The lowest BCUT2D eigenvalue weighted by atomic mass is 10.2. The van der Waals surface area contributed by atoms with Crippen molar-refractivity contribution in [2.24, 2.45) is 0 Å². The Hall–Kier alpha value is -2.44. The second-order valence-corrected chi connectivity index (χ2v) is 4.89. The number of aryl methyl sites for hydroxylation is 2. The van der Waals surface area contributed by atoms with Gasteiger partial charge in [0.1, 0.15) is 17.8 Å². The highest BCUT2D eigenvalue weighted by molar-refractivity contribution is 5.46. The van der Waals surface area contributed by atoms with Crippen LogP contribution in [0.1, 0.15) is 23.5 Å². The van der Waals surface area contributed by atoms with Gasteiger partial charge in [-0.05, 0) is 19.4 Å². The van der Waals surface area contributed by atoms with Gasteiger partial charge in [-0.1, -0.05) is 0 Å². The van der Waals surface area contributed by atoms with Crippen molar-refractivity contribution < 1.29 is 4.92 Å². The summed E-state index contributed by atoms with van der Waals surface area (Å²) in [7, 11) is 0. The number of imidazole rings is 1. The third-order valence-corrected chi connectivity index (χ3v) is 3.53. The van der Waals surface area contributed by atoms with Gasteiger partial charge in [-0.3, -0.25) is 10.1 Å².